The molecule has 0 radical (unpaired) electrons. The third-order valence-electron chi connectivity index (χ3n) is 9.89. The highest BCUT2D eigenvalue weighted by atomic mass is 15.0. The van der Waals surface area contributed by atoms with Gasteiger partial charge in [0.2, 0.25) is 0 Å². The van der Waals surface area contributed by atoms with Crippen LogP contribution < -0.4 is 5.32 Å². The van der Waals surface area contributed by atoms with Crippen LogP contribution in [-0.2, 0) is 0 Å². The van der Waals surface area contributed by atoms with E-state index in [2.05, 4.69) is 139 Å². The summed E-state index contributed by atoms with van der Waals surface area (Å²) in [5.41, 5.74) is 12.9. The van der Waals surface area contributed by atoms with E-state index in [0.717, 1.165) is 73.2 Å². The molecule has 1 aliphatic rings. The lowest BCUT2D eigenvalue weighted by atomic mass is 9.83. The number of nitrogens with zero attached hydrogens (tertiary/aromatic N) is 4. The normalized spacial score (nSPS) is 15.4. The first-order valence-electron chi connectivity index (χ1n) is 18.4. The molecule has 7 rings (SSSR count). The Kier molecular flexibility index (Phi) is 11.1. The van der Waals surface area contributed by atoms with Gasteiger partial charge in [-0.05, 0) is 71.4 Å². The van der Waals surface area contributed by atoms with Crippen LogP contribution in [0.25, 0.3) is 44.1 Å². The molecule has 54 heavy (non-hydrogen) atoms. The van der Waals surface area contributed by atoms with Crippen molar-refractivity contribution in [2.24, 2.45) is 15.9 Å². The zero-order valence-corrected chi connectivity index (χ0v) is 31.1. The minimum Gasteiger partial charge on any atom is -0.364 e. The topological polar surface area (TPSA) is 62.5 Å². The van der Waals surface area contributed by atoms with Crippen molar-refractivity contribution in [3.05, 3.63) is 192 Å². The highest BCUT2D eigenvalue weighted by Crippen LogP contribution is 2.34. The molecule has 1 aliphatic carbocycles. The first-order chi connectivity index (χ1) is 26.5. The van der Waals surface area contributed by atoms with Crippen LogP contribution in [0.4, 0.5) is 0 Å². The Hall–Kier alpha value is -6.64. The second-order valence-corrected chi connectivity index (χ2v) is 13.4. The second-order valence-electron chi connectivity index (χ2n) is 13.4. The Morgan fingerprint density at radius 3 is 2.30 bits per heavy atom. The van der Waals surface area contributed by atoms with Gasteiger partial charge in [-0.2, -0.15) is 0 Å². The molecule has 0 bridgehead atoms. The van der Waals surface area contributed by atoms with Crippen LogP contribution in [0, 0.1) is 18.1 Å². The summed E-state index contributed by atoms with van der Waals surface area (Å²) in [6.07, 6.45) is 15.2. The van der Waals surface area contributed by atoms with Gasteiger partial charge in [0.25, 0.3) is 0 Å². The van der Waals surface area contributed by atoms with Crippen LogP contribution in [0.3, 0.4) is 0 Å². The number of allylic oxidation sites excluding steroid dienone is 6. The van der Waals surface area contributed by atoms with Gasteiger partial charge in [0, 0.05) is 46.9 Å². The van der Waals surface area contributed by atoms with Crippen LogP contribution >= 0.6 is 0 Å². The summed E-state index contributed by atoms with van der Waals surface area (Å²) >= 11 is 0. The van der Waals surface area contributed by atoms with Gasteiger partial charge in [-0.15, -0.1) is 0 Å². The number of hydrogen-bond acceptors (Lipinski definition) is 4. The average molecular weight is 702 g/mol. The summed E-state index contributed by atoms with van der Waals surface area (Å²) in [7, 11) is 1.80. The molecule has 1 N–H and O–H groups in total. The van der Waals surface area contributed by atoms with Gasteiger partial charge in [-0.25, -0.2) is 0 Å². The van der Waals surface area contributed by atoms with E-state index < -0.39 is 0 Å². The van der Waals surface area contributed by atoms with E-state index in [9.17, 15) is 0 Å². The van der Waals surface area contributed by atoms with Gasteiger partial charge in [0.15, 0.2) is 0 Å². The third-order valence-corrected chi connectivity index (χ3v) is 9.89. The molecule has 2 heterocycles. The maximum Gasteiger partial charge on any atom is 0.136 e. The number of aliphatic imine (C=N–C) groups is 2. The zero-order chi connectivity index (χ0) is 37.3. The zero-order valence-electron chi connectivity index (χ0n) is 31.1. The number of rotatable bonds is 11. The molecule has 0 amide bonds. The maximum absolute atomic E-state index is 5.26. The molecule has 0 aliphatic heterocycles. The third kappa shape index (κ3) is 8.04. The first kappa shape index (κ1) is 35.7. The number of benzene rings is 3. The largest absolute Gasteiger partial charge is 0.364 e. The monoisotopic (exact) mass is 701 g/mol. The smallest absolute Gasteiger partial charge is 0.136 e. The lowest BCUT2D eigenvalue weighted by molar-refractivity contribution is 0.720. The molecule has 2 aromatic heterocycles. The van der Waals surface area contributed by atoms with E-state index in [1.807, 2.05) is 54.9 Å². The fraction of sp³-hybridized carbons (Fsp3) is 0.143. The standard InChI is InChI=1S/C49H43N5/c1-5-36(22-21-34(2)44-19-9-15-39-17-11-29-51-47(39)44)32-53-46(33-54-49(50-4)41-25-23-38(24-26-41)37-13-7-6-8-14-37)43-28-27-42(31-35(43)3)45-20-10-16-40-18-12-30-52-48(40)45/h5-23,25,27-30,35H,1,31-33H2,2-4H3,(H,50,54)/b34-21+,36-22+,53-46?. The van der Waals surface area contributed by atoms with Crippen LogP contribution in [0.15, 0.2) is 174 Å². The van der Waals surface area contributed by atoms with Crippen molar-refractivity contribution in [3.8, 4) is 11.1 Å². The fourth-order valence-electron chi connectivity index (χ4n) is 6.94. The van der Waals surface area contributed by atoms with Gasteiger partial charge in [0.05, 0.1) is 35.4 Å². The highest BCUT2D eigenvalue weighted by molar-refractivity contribution is 6.07. The number of para-hydroxylation sites is 2. The van der Waals surface area contributed by atoms with Crippen molar-refractivity contribution in [2.75, 3.05) is 20.1 Å². The lowest BCUT2D eigenvalue weighted by Crippen LogP contribution is -2.32. The Morgan fingerprint density at radius 1 is 0.833 bits per heavy atom. The van der Waals surface area contributed by atoms with Crippen molar-refractivity contribution >= 4 is 44.5 Å². The van der Waals surface area contributed by atoms with Crippen molar-refractivity contribution in [2.45, 2.75) is 20.3 Å². The van der Waals surface area contributed by atoms with E-state index >= 15 is 0 Å². The fourth-order valence-corrected chi connectivity index (χ4v) is 6.94. The maximum atomic E-state index is 5.26. The summed E-state index contributed by atoms with van der Waals surface area (Å²) in [4.78, 5) is 19.2. The van der Waals surface area contributed by atoms with Gasteiger partial charge in [-0.1, -0.05) is 135 Å². The van der Waals surface area contributed by atoms with Crippen molar-refractivity contribution in [1.29, 1.82) is 0 Å². The molecule has 4 aromatic carbocycles. The molecule has 0 fully saturated rings. The molecule has 6 aromatic rings. The minimum atomic E-state index is 0.230. The van der Waals surface area contributed by atoms with Crippen LogP contribution in [-0.4, -0.2) is 41.7 Å². The van der Waals surface area contributed by atoms with E-state index in [0.29, 0.717) is 13.1 Å². The first-order valence-corrected chi connectivity index (χ1v) is 18.4. The van der Waals surface area contributed by atoms with E-state index in [1.165, 1.54) is 16.7 Å². The van der Waals surface area contributed by atoms with E-state index in [4.69, 9.17) is 9.98 Å². The molecule has 0 spiro atoms. The Bertz CT molecular complexity index is 2470. The predicted molar refractivity (Wildman–Crippen MR) is 228 cm³/mol. The molecule has 1 unspecified atom stereocenters. The molecule has 5 nitrogen and oxygen atoms in total. The quantitative estimate of drug-likeness (QED) is 0.0831. The molecular formula is C49H43N5. The second kappa shape index (κ2) is 16.8. The summed E-state index contributed by atoms with van der Waals surface area (Å²) in [6, 6.07) is 41.9. The predicted octanol–water partition coefficient (Wildman–Crippen LogP) is 10.7. The van der Waals surface area contributed by atoms with E-state index in [-0.39, 0.29) is 5.92 Å². The summed E-state index contributed by atoms with van der Waals surface area (Å²) < 4.78 is 0. The van der Waals surface area contributed by atoms with Crippen LogP contribution in [0.1, 0.15) is 37.0 Å². The number of aromatic nitrogens is 2. The van der Waals surface area contributed by atoms with Crippen LogP contribution in [0.5, 0.6) is 0 Å². The molecular weight excluding hydrogens is 659 g/mol. The van der Waals surface area contributed by atoms with Crippen molar-refractivity contribution in [1.82, 2.24) is 15.3 Å². The van der Waals surface area contributed by atoms with Crippen molar-refractivity contribution < 1.29 is 0 Å². The Balaban J connectivity index is 1.18. The molecule has 0 saturated heterocycles. The van der Waals surface area contributed by atoms with Gasteiger partial charge in [-0.3, -0.25) is 20.0 Å². The Morgan fingerprint density at radius 2 is 1.57 bits per heavy atom. The molecule has 5 heteroatoms. The van der Waals surface area contributed by atoms with Gasteiger partial charge >= 0.3 is 0 Å². The van der Waals surface area contributed by atoms with Gasteiger partial charge in [0.1, 0.15) is 5.84 Å². The summed E-state index contributed by atoms with van der Waals surface area (Å²) in [5.74, 6) is 0.969. The number of nitrogens with one attached hydrogen (secondary N) is 1. The Labute approximate surface area is 318 Å². The van der Waals surface area contributed by atoms with Crippen LogP contribution in [0.2, 0.25) is 0 Å². The lowest BCUT2D eigenvalue weighted by Gasteiger charge is -2.24. The van der Waals surface area contributed by atoms with E-state index in [1.54, 1.807) is 7.05 Å². The number of hydrogen-bond donors (Lipinski definition) is 1. The van der Waals surface area contributed by atoms with Crippen molar-refractivity contribution in [3.63, 3.8) is 0 Å². The molecule has 264 valence electrons. The number of pyridine rings is 2. The highest BCUT2D eigenvalue weighted by Gasteiger charge is 2.22. The SMILES string of the molecule is C=C/C(=C\C=C(/C)c1cccc2cccnc12)CN=C(CNC(=NC)c1c#cc(-c2ccccc2)cc1)C1=CC=C(c2cccc3cccnc23)CC1C. The average Bonchev–Trinajstić information content (AvgIpc) is 3.23. The van der Waals surface area contributed by atoms with Gasteiger partial charge < -0.3 is 5.32 Å². The summed E-state index contributed by atoms with van der Waals surface area (Å²) in [6.45, 7) is 9.52. The number of fused-ring (bicyclic) bond motifs is 2. The number of amidine groups is 1. The minimum absolute atomic E-state index is 0.230. The molecule has 1 atom stereocenters. The summed E-state index contributed by atoms with van der Waals surface area (Å²) in [5, 5.41) is 5.86. The molecule has 0 saturated carbocycles.